The lowest BCUT2D eigenvalue weighted by molar-refractivity contribution is -0.128. The van der Waals surface area contributed by atoms with Gasteiger partial charge < -0.3 is 9.26 Å². The van der Waals surface area contributed by atoms with E-state index in [9.17, 15) is 13.6 Å². The average molecular weight is 260 g/mol. The van der Waals surface area contributed by atoms with Gasteiger partial charge in [-0.3, -0.25) is 9.32 Å². The maximum Gasteiger partial charge on any atom is 0.570 e. The molecule has 17 heavy (non-hydrogen) atoms. The molecule has 0 spiro atoms. The van der Waals surface area contributed by atoms with Crippen molar-refractivity contribution in [2.24, 2.45) is 0 Å². The maximum atomic E-state index is 13.1. The molecule has 5 nitrogen and oxygen atoms in total. The van der Waals surface area contributed by atoms with Crippen LogP contribution in [0.2, 0.25) is 0 Å². The van der Waals surface area contributed by atoms with Gasteiger partial charge in [0.05, 0.1) is 13.2 Å². The SMILES string of the molecule is O=COCCc1cccc2c1OP(=O)(F)OC2. The second kappa shape index (κ2) is 4.85. The first kappa shape index (κ1) is 12.1. The van der Waals surface area contributed by atoms with Gasteiger partial charge in [0.1, 0.15) is 5.75 Å². The van der Waals surface area contributed by atoms with Gasteiger partial charge in [-0.2, -0.15) is 0 Å². The second-order valence-corrected chi connectivity index (χ2v) is 4.72. The van der Waals surface area contributed by atoms with Crippen molar-refractivity contribution in [3.8, 4) is 5.75 Å². The fourth-order valence-electron chi connectivity index (χ4n) is 1.56. The Bertz CT molecular complexity index is 476. The Morgan fingerprint density at radius 3 is 3.12 bits per heavy atom. The Morgan fingerprint density at radius 1 is 1.53 bits per heavy atom. The molecule has 92 valence electrons. The predicted octanol–water partition coefficient (Wildman–Crippen LogP) is 2.39. The summed E-state index contributed by atoms with van der Waals surface area (Å²) in [5.41, 5.74) is 1.25. The Hall–Kier alpha value is -1.39. The van der Waals surface area contributed by atoms with Crippen molar-refractivity contribution in [1.29, 1.82) is 0 Å². The average Bonchev–Trinajstić information content (AvgIpc) is 2.29. The molecule has 0 saturated heterocycles. The van der Waals surface area contributed by atoms with Gasteiger partial charge in [0.25, 0.3) is 6.47 Å². The summed E-state index contributed by atoms with van der Waals surface area (Å²) in [5, 5.41) is 0. The van der Waals surface area contributed by atoms with Gasteiger partial charge >= 0.3 is 7.91 Å². The van der Waals surface area contributed by atoms with Crippen LogP contribution in [0.3, 0.4) is 0 Å². The highest BCUT2D eigenvalue weighted by Gasteiger charge is 2.33. The fourth-order valence-corrected chi connectivity index (χ4v) is 2.36. The molecule has 0 aromatic heterocycles. The molecule has 0 fully saturated rings. The van der Waals surface area contributed by atoms with E-state index < -0.39 is 7.91 Å². The van der Waals surface area contributed by atoms with E-state index in [0.717, 1.165) is 0 Å². The van der Waals surface area contributed by atoms with Gasteiger partial charge in [-0.15, -0.1) is 4.20 Å². The van der Waals surface area contributed by atoms with Crippen LogP contribution >= 0.6 is 7.91 Å². The zero-order valence-corrected chi connectivity index (χ0v) is 9.69. The van der Waals surface area contributed by atoms with Crippen LogP contribution in [0, 0.1) is 0 Å². The van der Waals surface area contributed by atoms with Gasteiger partial charge in [0, 0.05) is 12.0 Å². The van der Waals surface area contributed by atoms with E-state index in [1.54, 1.807) is 18.2 Å². The number of hydrogen-bond donors (Lipinski definition) is 0. The molecule has 0 amide bonds. The number of carbonyl (C=O) groups is 1. The number of ether oxygens (including phenoxy) is 1. The monoisotopic (exact) mass is 260 g/mol. The van der Waals surface area contributed by atoms with Gasteiger partial charge in [-0.1, -0.05) is 18.2 Å². The molecule has 0 bridgehead atoms. The molecule has 1 aliphatic heterocycles. The molecule has 0 saturated carbocycles. The number of halogens is 1. The summed E-state index contributed by atoms with van der Waals surface area (Å²) in [6, 6.07) is 5.13. The van der Waals surface area contributed by atoms with E-state index in [2.05, 4.69) is 9.26 Å². The second-order valence-electron chi connectivity index (χ2n) is 3.42. The topological polar surface area (TPSA) is 61.8 Å². The molecule has 1 unspecified atom stereocenters. The third-order valence-corrected chi connectivity index (χ3v) is 3.15. The third kappa shape index (κ3) is 2.84. The fraction of sp³-hybridized carbons (Fsp3) is 0.300. The summed E-state index contributed by atoms with van der Waals surface area (Å²) in [6.07, 6.45) is 0.363. The minimum absolute atomic E-state index is 0.0918. The van der Waals surface area contributed by atoms with Crippen LogP contribution in [0.1, 0.15) is 11.1 Å². The zero-order valence-electron chi connectivity index (χ0n) is 8.80. The third-order valence-electron chi connectivity index (χ3n) is 2.31. The highest BCUT2D eigenvalue weighted by Crippen LogP contribution is 2.55. The summed E-state index contributed by atoms with van der Waals surface area (Å²) >= 11 is 0. The van der Waals surface area contributed by atoms with E-state index in [-0.39, 0.29) is 19.0 Å². The predicted molar refractivity (Wildman–Crippen MR) is 56.3 cm³/mol. The Kier molecular flexibility index (Phi) is 3.45. The first-order valence-electron chi connectivity index (χ1n) is 4.92. The van der Waals surface area contributed by atoms with Crippen molar-refractivity contribution in [3.05, 3.63) is 29.3 Å². The molecular weight excluding hydrogens is 250 g/mol. The number of hydrogen-bond acceptors (Lipinski definition) is 5. The molecular formula is C10H10FO5P. The van der Waals surface area contributed by atoms with E-state index >= 15 is 0 Å². The van der Waals surface area contributed by atoms with E-state index in [4.69, 9.17) is 4.52 Å². The molecule has 1 aromatic carbocycles. The van der Waals surface area contributed by atoms with Crippen molar-refractivity contribution < 1.29 is 27.3 Å². The zero-order chi connectivity index (χ0) is 12.3. The molecule has 7 heteroatoms. The van der Waals surface area contributed by atoms with Gasteiger partial charge in [-0.05, 0) is 5.56 Å². The molecule has 2 rings (SSSR count). The number of benzene rings is 1. The normalized spacial score (nSPS) is 22.4. The largest absolute Gasteiger partial charge is 0.570 e. The van der Waals surface area contributed by atoms with Crippen LogP contribution in [0.5, 0.6) is 5.75 Å². The smallest absolute Gasteiger partial charge is 0.468 e. The molecule has 0 radical (unpaired) electrons. The standard InChI is InChI=1S/C10H10FO5P/c11-17(13)15-6-9-3-1-2-8(10(9)16-17)4-5-14-7-12/h1-3,7H,4-6H2. The van der Waals surface area contributed by atoms with Gasteiger partial charge in [0.2, 0.25) is 0 Å². The highest BCUT2D eigenvalue weighted by atomic mass is 31.2. The lowest BCUT2D eigenvalue weighted by Crippen LogP contribution is -2.08. The lowest BCUT2D eigenvalue weighted by Gasteiger charge is -2.22. The summed E-state index contributed by atoms with van der Waals surface area (Å²) in [7, 11) is -4.50. The van der Waals surface area contributed by atoms with Crippen molar-refractivity contribution in [3.63, 3.8) is 0 Å². The summed E-state index contributed by atoms with van der Waals surface area (Å²) in [4.78, 5) is 10.0. The van der Waals surface area contributed by atoms with Crippen molar-refractivity contribution in [1.82, 2.24) is 0 Å². The summed E-state index contributed by atoms with van der Waals surface area (Å²) < 4.78 is 37.9. The molecule has 1 heterocycles. The molecule has 1 aliphatic rings. The minimum atomic E-state index is -4.50. The van der Waals surface area contributed by atoms with Crippen molar-refractivity contribution >= 4 is 14.4 Å². The molecule has 0 aliphatic carbocycles. The number of rotatable bonds is 4. The lowest BCUT2D eigenvalue weighted by atomic mass is 10.1. The van der Waals surface area contributed by atoms with Gasteiger partial charge in [-0.25, -0.2) is 4.57 Å². The van der Waals surface area contributed by atoms with E-state index in [1.165, 1.54) is 0 Å². The number of carbonyl (C=O) groups excluding carboxylic acids is 1. The Balaban J connectivity index is 2.22. The Morgan fingerprint density at radius 2 is 2.35 bits per heavy atom. The van der Waals surface area contributed by atoms with Crippen LogP contribution in [-0.2, 0) is 31.6 Å². The van der Waals surface area contributed by atoms with Gasteiger partial charge in [0.15, 0.2) is 0 Å². The van der Waals surface area contributed by atoms with Crippen LogP contribution < -0.4 is 4.52 Å². The minimum Gasteiger partial charge on any atom is -0.468 e. The molecule has 1 aromatic rings. The van der Waals surface area contributed by atoms with E-state index in [1.807, 2.05) is 0 Å². The summed E-state index contributed by atoms with van der Waals surface area (Å²) in [5.74, 6) is 0.221. The van der Waals surface area contributed by atoms with Crippen LogP contribution in [0.4, 0.5) is 4.20 Å². The van der Waals surface area contributed by atoms with Crippen molar-refractivity contribution in [2.75, 3.05) is 6.61 Å². The number of fused-ring (bicyclic) bond motifs is 1. The maximum absolute atomic E-state index is 13.1. The first-order chi connectivity index (χ1) is 8.12. The van der Waals surface area contributed by atoms with Crippen LogP contribution in [0.15, 0.2) is 18.2 Å². The summed E-state index contributed by atoms with van der Waals surface area (Å²) in [6.45, 7) is 0.394. The molecule has 0 N–H and O–H groups in total. The van der Waals surface area contributed by atoms with Crippen LogP contribution in [-0.4, -0.2) is 13.1 Å². The van der Waals surface area contributed by atoms with Crippen LogP contribution in [0.25, 0.3) is 0 Å². The van der Waals surface area contributed by atoms with Crippen molar-refractivity contribution in [2.45, 2.75) is 13.0 Å². The number of para-hydroxylation sites is 1. The Labute approximate surface area is 97.1 Å². The highest BCUT2D eigenvalue weighted by molar-refractivity contribution is 7.48. The quantitative estimate of drug-likeness (QED) is 0.472. The van der Waals surface area contributed by atoms with E-state index in [0.29, 0.717) is 24.0 Å². The first-order valence-corrected chi connectivity index (χ1v) is 6.35. The molecule has 1 atom stereocenters.